The van der Waals surface area contributed by atoms with E-state index in [-0.39, 0.29) is 17.4 Å². The quantitative estimate of drug-likeness (QED) is 0.761. The summed E-state index contributed by atoms with van der Waals surface area (Å²) in [7, 11) is 0. The molecular formula is C20H17N3O3. The van der Waals surface area contributed by atoms with Gasteiger partial charge in [-0.1, -0.05) is 29.8 Å². The molecule has 0 spiro atoms. The number of hydrogen-bond donors (Lipinski definition) is 2. The number of nitrogens with one attached hydrogen (secondary N) is 1. The lowest BCUT2D eigenvalue weighted by Crippen LogP contribution is -2.24. The maximum atomic E-state index is 12.3. The average Bonchev–Trinajstić information content (AvgIpc) is 3.05. The number of carbonyl (C=O) groups excluding carboxylic acids is 1. The van der Waals surface area contributed by atoms with E-state index < -0.39 is 5.97 Å². The van der Waals surface area contributed by atoms with Gasteiger partial charge in [-0.25, -0.2) is 9.48 Å². The first-order valence-electron chi connectivity index (χ1n) is 8.31. The third-order valence-corrected chi connectivity index (χ3v) is 4.66. The molecule has 0 fully saturated rings. The summed E-state index contributed by atoms with van der Waals surface area (Å²) in [5.74, 6) is -0.539. The van der Waals surface area contributed by atoms with Gasteiger partial charge in [0.25, 0.3) is 0 Å². The number of anilines is 1. The van der Waals surface area contributed by atoms with Crippen LogP contribution in [-0.4, -0.2) is 26.8 Å². The standard InChI is InChI=1S/C20H17N3O3/c1-12-2-8-15(9-3-12)23-19-17(11-21-23)16(10-18(24)22-19)13-4-6-14(7-5-13)20(25)26/h2-9,11,16H,10H2,1H3,(H,22,24)(H,25,26). The predicted molar refractivity (Wildman–Crippen MR) is 96.8 cm³/mol. The van der Waals surface area contributed by atoms with Crippen molar-refractivity contribution in [3.8, 4) is 5.69 Å². The van der Waals surface area contributed by atoms with Crippen molar-refractivity contribution in [2.24, 2.45) is 0 Å². The smallest absolute Gasteiger partial charge is 0.335 e. The molecule has 0 aliphatic carbocycles. The molecule has 2 heterocycles. The first-order valence-corrected chi connectivity index (χ1v) is 8.31. The van der Waals surface area contributed by atoms with Crippen molar-refractivity contribution in [3.63, 3.8) is 0 Å². The van der Waals surface area contributed by atoms with Gasteiger partial charge in [0.15, 0.2) is 0 Å². The second kappa shape index (κ2) is 6.15. The van der Waals surface area contributed by atoms with Crippen LogP contribution < -0.4 is 5.32 Å². The summed E-state index contributed by atoms with van der Waals surface area (Å²) in [5.41, 5.74) is 4.07. The zero-order valence-electron chi connectivity index (χ0n) is 14.1. The average molecular weight is 347 g/mol. The number of nitrogens with zero attached hydrogens (tertiary/aromatic N) is 2. The number of rotatable bonds is 3. The Kier molecular flexibility index (Phi) is 3.80. The highest BCUT2D eigenvalue weighted by Crippen LogP contribution is 2.38. The van der Waals surface area contributed by atoms with Gasteiger partial charge in [0.1, 0.15) is 5.82 Å². The lowest BCUT2D eigenvalue weighted by molar-refractivity contribution is -0.116. The van der Waals surface area contributed by atoms with Gasteiger partial charge in [-0.15, -0.1) is 0 Å². The van der Waals surface area contributed by atoms with Gasteiger partial charge < -0.3 is 10.4 Å². The molecule has 1 aliphatic heterocycles. The van der Waals surface area contributed by atoms with Crippen molar-refractivity contribution >= 4 is 17.7 Å². The van der Waals surface area contributed by atoms with Crippen LogP contribution in [-0.2, 0) is 4.79 Å². The van der Waals surface area contributed by atoms with E-state index in [0.29, 0.717) is 12.2 Å². The molecule has 1 aliphatic rings. The Balaban J connectivity index is 1.76. The van der Waals surface area contributed by atoms with Crippen molar-refractivity contribution in [3.05, 3.63) is 77.0 Å². The van der Waals surface area contributed by atoms with E-state index in [0.717, 1.165) is 22.4 Å². The molecule has 2 aromatic carbocycles. The zero-order valence-corrected chi connectivity index (χ0v) is 14.1. The van der Waals surface area contributed by atoms with Gasteiger partial charge in [-0.2, -0.15) is 5.10 Å². The number of aromatic carboxylic acids is 1. The van der Waals surface area contributed by atoms with E-state index in [1.54, 1.807) is 35.1 Å². The van der Waals surface area contributed by atoms with Crippen LogP contribution >= 0.6 is 0 Å². The SMILES string of the molecule is Cc1ccc(-n2ncc3c2NC(=O)CC3c2ccc(C(=O)O)cc2)cc1. The van der Waals surface area contributed by atoms with E-state index in [4.69, 9.17) is 5.11 Å². The molecule has 0 saturated carbocycles. The lowest BCUT2D eigenvalue weighted by atomic mass is 9.87. The molecule has 130 valence electrons. The Bertz CT molecular complexity index is 988. The van der Waals surface area contributed by atoms with Gasteiger partial charge in [0.2, 0.25) is 5.91 Å². The fraction of sp³-hybridized carbons (Fsp3) is 0.150. The third kappa shape index (κ3) is 2.75. The number of amides is 1. The fourth-order valence-corrected chi connectivity index (χ4v) is 3.26. The van der Waals surface area contributed by atoms with Crippen LogP contribution in [0.3, 0.4) is 0 Å². The number of carboxylic acid groups (broad SMARTS) is 1. The number of fused-ring (bicyclic) bond motifs is 1. The molecule has 1 aromatic heterocycles. The predicted octanol–water partition coefficient (Wildman–Crippen LogP) is 3.35. The largest absolute Gasteiger partial charge is 0.478 e. The first kappa shape index (κ1) is 16.1. The monoisotopic (exact) mass is 347 g/mol. The lowest BCUT2D eigenvalue weighted by Gasteiger charge is -2.24. The van der Waals surface area contributed by atoms with Crippen LogP contribution in [0.1, 0.15) is 39.4 Å². The van der Waals surface area contributed by atoms with Crippen molar-refractivity contribution in [1.29, 1.82) is 0 Å². The number of hydrogen-bond acceptors (Lipinski definition) is 3. The molecule has 6 heteroatoms. The number of carboxylic acids is 1. The van der Waals surface area contributed by atoms with E-state index >= 15 is 0 Å². The van der Waals surface area contributed by atoms with Crippen molar-refractivity contribution in [2.45, 2.75) is 19.3 Å². The van der Waals surface area contributed by atoms with E-state index in [2.05, 4.69) is 10.4 Å². The second-order valence-electron chi connectivity index (χ2n) is 6.43. The van der Waals surface area contributed by atoms with Gasteiger partial charge in [0.05, 0.1) is 17.4 Å². The molecule has 3 aromatic rings. The van der Waals surface area contributed by atoms with Gasteiger partial charge in [0, 0.05) is 17.9 Å². The maximum Gasteiger partial charge on any atom is 0.335 e. The Hall–Kier alpha value is -3.41. The number of aromatic nitrogens is 2. The normalized spacial score (nSPS) is 16.0. The molecule has 0 saturated heterocycles. The van der Waals surface area contributed by atoms with Gasteiger partial charge in [-0.3, -0.25) is 4.79 Å². The summed E-state index contributed by atoms with van der Waals surface area (Å²) >= 11 is 0. The summed E-state index contributed by atoms with van der Waals surface area (Å²) in [6.07, 6.45) is 2.07. The molecule has 1 unspecified atom stereocenters. The minimum atomic E-state index is -0.967. The topological polar surface area (TPSA) is 84.2 Å². The summed E-state index contributed by atoms with van der Waals surface area (Å²) < 4.78 is 1.73. The number of carbonyl (C=O) groups is 2. The highest BCUT2D eigenvalue weighted by molar-refractivity contribution is 5.94. The fourth-order valence-electron chi connectivity index (χ4n) is 3.26. The molecule has 4 rings (SSSR count). The highest BCUT2D eigenvalue weighted by Gasteiger charge is 2.30. The zero-order chi connectivity index (χ0) is 18.3. The van der Waals surface area contributed by atoms with Crippen molar-refractivity contribution in [2.75, 3.05) is 5.32 Å². The van der Waals surface area contributed by atoms with E-state index in [9.17, 15) is 9.59 Å². The summed E-state index contributed by atoms with van der Waals surface area (Å²) in [6.45, 7) is 2.01. The number of aryl methyl sites for hydroxylation is 1. The number of benzene rings is 2. The van der Waals surface area contributed by atoms with Gasteiger partial charge >= 0.3 is 5.97 Å². The van der Waals surface area contributed by atoms with Crippen molar-refractivity contribution in [1.82, 2.24) is 9.78 Å². The Morgan fingerprint density at radius 2 is 1.85 bits per heavy atom. The van der Waals surface area contributed by atoms with Crippen LogP contribution in [0.2, 0.25) is 0 Å². The molecule has 0 bridgehead atoms. The minimum Gasteiger partial charge on any atom is -0.478 e. The Morgan fingerprint density at radius 1 is 1.15 bits per heavy atom. The van der Waals surface area contributed by atoms with Crippen LogP contribution in [0.5, 0.6) is 0 Å². The molecule has 1 atom stereocenters. The van der Waals surface area contributed by atoms with Crippen LogP contribution in [0.15, 0.2) is 54.7 Å². The highest BCUT2D eigenvalue weighted by atomic mass is 16.4. The van der Waals surface area contributed by atoms with E-state index in [1.165, 1.54) is 0 Å². The molecule has 0 radical (unpaired) electrons. The van der Waals surface area contributed by atoms with Crippen molar-refractivity contribution < 1.29 is 14.7 Å². The van der Waals surface area contributed by atoms with Crippen LogP contribution in [0.25, 0.3) is 5.69 Å². The van der Waals surface area contributed by atoms with Crippen LogP contribution in [0, 0.1) is 6.92 Å². The summed E-state index contributed by atoms with van der Waals surface area (Å²) in [6, 6.07) is 14.6. The molecule has 1 amide bonds. The third-order valence-electron chi connectivity index (χ3n) is 4.66. The molecule has 6 nitrogen and oxygen atoms in total. The van der Waals surface area contributed by atoms with Crippen LogP contribution in [0.4, 0.5) is 5.82 Å². The second-order valence-corrected chi connectivity index (χ2v) is 6.43. The summed E-state index contributed by atoms with van der Waals surface area (Å²) in [4.78, 5) is 23.3. The Morgan fingerprint density at radius 3 is 2.50 bits per heavy atom. The first-order chi connectivity index (χ1) is 12.5. The summed E-state index contributed by atoms with van der Waals surface area (Å²) in [5, 5.41) is 16.4. The minimum absolute atomic E-state index is 0.0846. The molecule has 2 N–H and O–H groups in total. The Labute approximate surface area is 150 Å². The molecular weight excluding hydrogens is 330 g/mol. The van der Waals surface area contributed by atoms with Gasteiger partial charge in [-0.05, 0) is 36.8 Å². The maximum absolute atomic E-state index is 12.3. The molecule has 26 heavy (non-hydrogen) atoms. The van der Waals surface area contributed by atoms with E-state index in [1.807, 2.05) is 31.2 Å².